The van der Waals surface area contributed by atoms with Crippen molar-refractivity contribution in [2.75, 3.05) is 5.75 Å². The Hall–Kier alpha value is -1.89. The fourth-order valence-electron chi connectivity index (χ4n) is 1.37. The van der Waals surface area contributed by atoms with Crippen LogP contribution in [0, 0.1) is 6.92 Å². The second-order valence-electron chi connectivity index (χ2n) is 3.60. The molecule has 0 bridgehead atoms. The van der Waals surface area contributed by atoms with Crippen molar-refractivity contribution in [1.29, 1.82) is 0 Å². The van der Waals surface area contributed by atoms with E-state index in [4.69, 9.17) is 9.52 Å². The van der Waals surface area contributed by atoms with Crippen molar-refractivity contribution in [3.05, 3.63) is 23.8 Å². The molecule has 1 heterocycles. The molecule has 0 saturated heterocycles. The number of rotatable bonds is 3. The predicted octanol–water partition coefficient (Wildman–Crippen LogP) is 0.995. The Balaban J connectivity index is 2.53. The van der Waals surface area contributed by atoms with Crippen LogP contribution in [0.1, 0.15) is 5.56 Å². The Kier molecular flexibility index (Phi) is 2.62. The molecule has 1 aromatic carbocycles. The highest BCUT2D eigenvalue weighted by atomic mass is 32.2. The van der Waals surface area contributed by atoms with Crippen LogP contribution in [-0.4, -0.2) is 30.2 Å². The number of benzene rings is 1. The van der Waals surface area contributed by atoms with E-state index in [1.165, 1.54) is 0 Å². The van der Waals surface area contributed by atoms with Crippen molar-refractivity contribution >= 4 is 26.9 Å². The lowest BCUT2D eigenvalue weighted by Gasteiger charge is -1.93. The van der Waals surface area contributed by atoms with Gasteiger partial charge < -0.3 is 9.52 Å². The third-order valence-corrected chi connectivity index (χ3v) is 3.44. The molecule has 17 heavy (non-hydrogen) atoms. The van der Waals surface area contributed by atoms with E-state index >= 15 is 0 Å². The van der Waals surface area contributed by atoms with Crippen LogP contribution in [0.5, 0.6) is 0 Å². The van der Waals surface area contributed by atoms with E-state index in [-0.39, 0.29) is 0 Å². The third-order valence-electron chi connectivity index (χ3n) is 2.10. The Morgan fingerprint density at radius 3 is 2.82 bits per heavy atom. The second-order valence-corrected chi connectivity index (χ2v) is 5.47. The number of oxazole rings is 1. The second kappa shape index (κ2) is 3.85. The summed E-state index contributed by atoms with van der Waals surface area (Å²) in [4.78, 5) is 14.2. The minimum Gasteiger partial charge on any atom is -0.480 e. The quantitative estimate of drug-likeness (QED) is 0.878. The van der Waals surface area contributed by atoms with E-state index in [9.17, 15) is 13.2 Å². The van der Waals surface area contributed by atoms with Crippen molar-refractivity contribution in [3.63, 3.8) is 0 Å². The Morgan fingerprint density at radius 1 is 1.47 bits per heavy atom. The smallest absolute Gasteiger partial charge is 0.319 e. The van der Waals surface area contributed by atoms with Crippen LogP contribution in [0.2, 0.25) is 0 Å². The Labute approximate surface area is 96.8 Å². The molecule has 0 aliphatic carbocycles. The van der Waals surface area contributed by atoms with E-state index in [0.29, 0.717) is 11.1 Å². The third kappa shape index (κ3) is 2.28. The molecule has 1 aromatic heterocycles. The van der Waals surface area contributed by atoms with Gasteiger partial charge in [-0.15, -0.1) is 0 Å². The van der Waals surface area contributed by atoms with Crippen molar-refractivity contribution in [1.82, 2.24) is 4.98 Å². The lowest BCUT2D eigenvalue weighted by atomic mass is 10.2. The zero-order valence-corrected chi connectivity index (χ0v) is 9.69. The number of sulfone groups is 1. The highest BCUT2D eigenvalue weighted by Crippen LogP contribution is 2.20. The minimum atomic E-state index is -4.01. The average molecular weight is 255 g/mol. The van der Waals surface area contributed by atoms with Crippen LogP contribution in [0.15, 0.2) is 27.8 Å². The maximum Gasteiger partial charge on any atom is 0.319 e. The van der Waals surface area contributed by atoms with Gasteiger partial charge in [0.15, 0.2) is 11.3 Å². The maximum absolute atomic E-state index is 11.6. The van der Waals surface area contributed by atoms with Crippen LogP contribution in [0.25, 0.3) is 11.1 Å². The predicted molar refractivity (Wildman–Crippen MR) is 58.4 cm³/mol. The number of fused-ring (bicyclic) bond motifs is 1. The van der Waals surface area contributed by atoms with E-state index < -0.39 is 26.8 Å². The van der Waals surface area contributed by atoms with Gasteiger partial charge in [-0.25, -0.2) is 8.42 Å². The fourth-order valence-corrected chi connectivity index (χ4v) is 2.27. The van der Waals surface area contributed by atoms with Gasteiger partial charge in [0.05, 0.1) is 0 Å². The van der Waals surface area contributed by atoms with Gasteiger partial charge in [-0.1, -0.05) is 6.07 Å². The number of carboxylic acid groups (broad SMARTS) is 1. The number of nitrogens with zero attached hydrogens (tertiary/aromatic N) is 1. The summed E-state index contributed by atoms with van der Waals surface area (Å²) in [6.45, 7) is 1.83. The average Bonchev–Trinajstić information content (AvgIpc) is 2.58. The number of aryl methyl sites for hydroxylation is 1. The highest BCUT2D eigenvalue weighted by Gasteiger charge is 2.25. The molecule has 0 aliphatic rings. The maximum atomic E-state index is 11.6. The molecule has 0 spiro atoms. The van der Waals surface area contributed by atoms with Crippen LogP contribution in [-0.2, 0) is 14.6 Å². The van der Waals surface area contributed by atoms with Gasteiger partial charge in [-0.3, -0.25) is 4.79 Å². The topological polar surface area (TPSA) is 97.5 Å². The first kappa shape index (κ1) is 11.6. The summed E-state index contributed by atoms with van der Waals surface area (Å²) in [5.74, 6) is -2.47. The molecule has 0 fully saturated rings. The molecule has 90 valence electrons. The number of aromatic nitrogens is 1. The van der Waals surface area contributed by atoms with Crippen molar-refractivity contribution in [3.8, 4) is 0 Å². The minimum absolute atomic E-state index is 0.328. The van der Waals surface area contributed by atoms with Gasteiger partial charge in [0.2, 0.25) is 9.84 Å². The van der Waals surface area contributed by atoms with Crippen LogP contribution < -0.4 is 0 Å². The molecular weight excluding hydrogens is 246 g/mol. The van der Waals surface area contributed by atoms with Crippen LogP contribution in [0.3, 0.4) is 0 Å². The first-order valence-electron chi connectivity index (χ1n) is 4.70. The molecular formula is C10H9NO5S. The van der Waals surface area contributed by atoms with E-state index in [2.05, 4.69) is 4.98 Å². The summed E-state index contributed by atoms with van der Waals surface area (Å²) in [6.07, 6.45) is 0. The standard InChI is InChI=1S/C10H9NO5S/c1-6-2-3-7-8(4-6)16-10(11-7)17(14,15)5-9(12)13/h2-4H,5H2,1H3,(H,12,13). The summed E-state index contributed by atoms with van der Waals surface area (Å²) in [5.41, 5.74) is 1.62. The van der Waals surface area contributed by atoms with Crippen molar-refractivity contribution in [2.24, 2.45) is 0 Å². The first-order valence-corrected chi connectivity index (χ1v) is 6.35. The van der Waals surface area contributed by atoms with Crippen molar-refractivity contribution < 1.29 is 22.7 Å². The molecule has 6 nitrogen and oxygen atoms in total. The van der Waals surface area contributed by atoms with Crippen LogP contribution in [0.4, 0.5) is 0 Å². The summed E-state index contributed by atoms with van der Waals surface area (Å²) < 4.78 is 28.2. The monoisotopic (exact) mass is 255 g/mol. The largest absolute Gasteiger partial charge is 0.480 e. The number of carboxylic acids is 1. The Morgan fingerprint density at radius 2 is 2.18 bits per heavy atom. The van der Waals surface area contributed by atoms with E-state index in [0.717, 1.165) is 5.56 Å². The van der Waals surface area contributed by atoms with E-state index in [1.54, 1.807) is 18.2 Å². The zero-order chi connectivity index (χ0) is 12.6. The molecule has 7 heteroatoms. The normalized spacial score (nSPS) is 11.8. The number of hydrogen-bond donors (Lipinski definition) is 1. The van der Waals surface area contributed by atoms with Crippen LogP contribution >= 0.6 is 0 Å². The van der Waals surface area contributed by atoms with Gasteiger partial charge in [0, 0.05) is 0 Å². The van der Waals surface area contributed by atoms with E-state index in [1.807, 2.05) is 6.92 Å². The molecule has 0 unspecified atom stereocenters. The highest BCUT2D eigenvalue weighted by molar-refractivity contribution is 7.91. The Bertz CT molecular complexity index is 686. The molecule has 0 saturated carbocycles. The fraction of sp³-hybridized carbons (Fsp3) is 0.200. The molecule has 2 rings (SSSR count). The number of carbonyl (C=O) groups is 1. The molecule has 0 radical (unpaired) electrons. The lowest BCUT2D eigenvalue weighted by molar-refractivity contribution is -0.134. The summed E-state index contributed by atoms with van der Waals surface area (Å²) in [5, 5.41) is 7.93. The first-order chi connectivity index (χ1) is 7.88. The van der Waals surface area contributed by atoms with Crippen molar-refractivity contribution in [2.45, 2.75) is 12.1 Å². The molecule has 1 N–H and O–H groups in total. The summed E-state index contributed by atoms with van der Waals surface area (Å²) >= 11 is 0. The number of hydrogen-bond acceptors (Lipinski definition) is 5. The van der Waals surface area contributed by atoms with Gasteiger partial charge in [0.1, 0.15) is 5.52 Å². The summed E-state index contributed by atoms with van der Waals surface area (Å²) in [6, 6.07) is 5.02. The molecule has 0 aliphatic heterocycles. The van der Waals surface area contributed by atoms with Gasteiger partial charge in [-0.05, 0) is 24.6 Å². The van der Waals surface area contributed by atoms with Gasteiger partial charge in [-0.2, -0.15) is 4.98 Å². The molecule has 0 amide bonds. The molecule has 2 aromatic rings. The SMILES string of the molecule is Cc1ccc2nc(S(=O)(=O)CC(=O)O)oc2c1. The van der Waals surface area contributed by atoms with Gasteiger partial charge in [0.25, 0.3) is 0 Å². The summed E-state index contributed by atoms with van der Waals surface area (Å²) in [7, 11) is -4.01. The molecule has 0 atom stereocenters. The number of aliphatic carboxylic acids is 1. The lowest BCUT2D eigenvalue weighted by Crippen LogP contribution is -2.15. The van der Waals surface area contributed by atoms with Gasteiger partial charge >= 0.3 is 11.2 Å². The zero-order valence-electron chi connectivity index (χ0n) is 8.87.